The minimum atomic E-state index is -0.372. The summed E-state index contributed by atoms with van der Waals surface area (Å²) in [7, 11) is 0. The lowest BCUT2D eigenvalue weighted by Crippen LogP contribution is -2.23. The molecule has 0 spiro atoms. The van der Waals surface area contributed by atoms with Crippen molar-refractivity contribution in [3.8, 4) is 11.3 Å². The number of oxazole rings is 1. The van der Waals surface area contributed by atoms with Crippen LogP contribution in [0.4, 0.5) is 4.39 Å². The van der Waals surface area contributed by atoms with Gasteiger partial charge >= 0.3 is 0 Å². The summed E-state index contributed by atoms with van der Waals surface area (Å²) in [6.07, 6.45) is 2.03. The van der Waals surface area contributed by atoms with Gasteiger partial charge in [0.25, 0.3) is 0 Å². The molecule has 2 N–H and O–H groups in total. The number of hydrogen-bond acceptors (Lipinski definition) is 4. The van der Waals surface area contributed by atoms with Gasteiger partial charge in [-0.25, -0.2) is 14.4 Å². The highest BCUT2D eigenvalue weighted by atomic mass is 19.1. The van der Waals surface area contributed by atoms with Crippen LogP contribution in [-0.4, -0.2) is 20.9 Å². The monoisotopic (exact) mass is 364 g/mol. The van der Waals surface area contributed by atoms with Crippen molar-refractivity contribution in [1.29, 1.82) is 0 Å². The van der Waals surface area contributed by atoms with Crippen molar-refractivity contribution in [1.82, 2.24) is 20.3 Å². The molecule has 0 aliphatic rings. The molecule has 0 atom stereocenters. The number of para-hydroxylation sites is 2. The molecule has 0 fully saturated rings. The number of benzene rings is 2. The van der Waals surface area contributed by atoms with Crippen LogP contribution >= 0.6 is 0 Å². The standard InChI is InChI=1S/C20H17FN4O2/c21-14-6-2-1-5-13(14)17-11-23-20(27-17)10-9-19(26)22-12-18-24-15-7-3-4-8-16(15)25-18/h1-8,11H,9-10,12H2,(H,22,26)(H,24,25). The van der Waals surface area contributed by atoms with E-state index in [1.807, 2.05) is 24.3 Å². The molecule has 0 unspecified atom stereocenters. The molecule has 4 rings (SSSR count). The molecule has 0 aliphatic heterocycles. The number of aryl methyl sites for hydroxylation is 1. The normalized spacial score (nSPS) is 11.0. The number of fused-ring (bicyclic) bond motifs is 1. The van der Waals surface area contributed by atoms with E-state index in [-0.39, 0.29) is 18.1 Å². The van der Waals surface area contributed by atoms with Crippen molar-refractivity contribution in [2.45, 2.75) is 19.4 Å². The summed E-state index contributed by atoms with van der Waals surface area (Å²) in [6, 6.07) is 14.0. The van der Waals surface area contributed by atoms with Crippen LogP contribution in [0.3, 0.4) is 0 Å². The van der Waals surface area contributed by atoms with Crippen molar-refractivity contribution < 1.29 is 13.6 Å². The first-order valence-corrected chi connectivity index (χ1v) is 8.59. The van der Waals surface area contributed by atoms with Crippen LogP contribution in [-0.2, 0) is 17.8 Å². The van der Waals surface area contributed by atoms with E-state index in [0.29, 0.717) is 36.0 Å². The van der Waals surface area contributed by atoms with E-state index < -0.39 is 0 Å². The molecular formula is C20H17FN4O2. The Labute approximate surface area is 154 Å². The van der Waals surface area contributed by atoms with Gasteiger partial charge in [-0.1, -0.05) is 24.3 Å². The van der Waals surface area contributed by atoms with Gasteiger partial charge in [0.1, 0.15) is 11.6 Å². The molecule has 27 heavy (non-hydrogen) atoms. The van der Waals surface area contributed by atoms with Crippen LogP contribution in [0.1, 0.15) is 18.1 Å². The Morgan fingerprint density at radius 1 is 1.15 bits per heavy atom. The molecule has 0 saturated heterocycles. The van der Waals surface area contributed by atoms with Gasteiger partial charge in [-0.15, -0.1) is 0 Å². The fourth-order valence-corrected chi connectivity index (χ4v) is 2.79. The SMILES string of the molecule is O=C(CCc1ncc(-c2ccccc2F)o1)NCc1nc2ccccc2[nH]1. The van der Waals surface area contributed by atoms with Crippen molar-refractivity contribution in [2.24, 2.45) is 0 Å². The molecule has 0 radical (unpaired) electrons. The number of halogens is 1. The Hall–Kier alpha value is -3.48. The van der Waals surface area contributed by atoms with Crippen LogP contribution < -0.4 is 5.32 Å². The summed E-state index contributed by atoms with van der Waals surface area (Å²) in [6.45, 7) is 0.319. The lowest BCUT2D eigenvalue weighted by molar-refractivity contribution is -0.121. The zero-order valence-electron chi connectivity index (χ0n) is 14.4. The highest BCUT2D eigenvalue weighted by Gasteiger charge is 2.12. The summed E-state index contributed by atoms with van der Waals surface area (Å²) in [4.78, 5) is 23.7. The Bertz CT molecular complexity index is 1050. The average molecular weight is 364 g/mol. The van der Waals surface area contributed by atoms with E-state index in [0.717, 1.165) is 11.0 Å². The van der Waals surface area contributed by atoms with E-state index in [9.17, 15) is 9.18 Å². The molecule has 136 valence electrons. The molecule has 2 aromatic heterocycles. The van der Waals surface area contributed by atoms with Gasteiger partial charge in [0.15, 0.2) is 11.7 Å². The van der Waals surface area contributed by atoms with E-state index in [1.165, 1.54) is 12.3 Å². The number of H-pyrrole nitrogens is 1. The van der Waals surface area contributed by atoms with Crippen LogP contribution in [0.5, 0.6) is 0 Å². The number of aromatic amines is 1. The molecule has 4 aromatic rings. The van der Waals surface area contributed by atoms with Gasteiger partial charge in [0.2, 0.25) is 5.91 Å². The zero-order chi connectivity index (χ0) is 18.6. The molecule has 6 nitrogen and oxygen atoms in total. The third-order valence-electron chi connectivity index (χ3n) is 4.15. The molecule has 0 aliphatic carbocycles. The maximum absolute atomic E-state index is 13.8. The van der Waals surface area contributed by atoms with Crippen molar-refractivity contribution >= 4 is 16.9 Å². The summed E-state index contributed by atoms with van der Waals surface area (Å²) in [5.74, 6) is 0.935. The number of imidazole rings is 1. The van der Waals surface area contributed by atoms with Crippen molar-refractivity contribution in [3.63, 3.8) is 0 Å². The van der Waals surface area contributed by atoms with E-state index in [1.54, 1.807) is 18.2 Å². The van der Waals surface area contributed by atoms with Gasteiger partial charge in [-0.2, -0.15) is 0 Å². The molecule has 2 heterocycles. The summed E-state index contributed by atoms with van der Waals surface area (Å²) in [5.41, 5.74) is 2.15. The van der Waals surface area contributed by atoms with Gasteiger partial charge in [0.05, 0.1) is 29.3 Å². The molecule has 0 saturated carbocycles. The molecule has 1 amide bonds. The van der Waals surface area contributed by atoms with Crippen molar-refractivity contribution in [2.75, 3.05) is 0 Å². The topological polar surface area (TPSA) is 83.8 Å². The number of nitrogens with zero attached hydrogens (tertiary/aromatic N) is 2. The number of aromatic nitrogens is 3. The summed E-state index contributed by atoms with van der Waals surface area (Å²) >= 11 is 0. The number of hydrogen-bond donors (Lipinski definition) is 2. The quantitative estimate of drug-likeness (QED) is 0.547. The number of carbonyl (C=O) groups excluding carboxylic acids is 1. The highest BCUT2D eigenvalue weighted by Crippen LogP contribution is 2.23. The van der Waals surface area contributed by atoms with E-state index in [4.69, 9.17) is 4.42 Å². The summed E-state index contributed by atoms with van der Waals surface area (Å²) < 4.78 is 19.3. The zero-order valence-corrected chi connectivity index (χ0v) is 14.4. The maximum Gasteiger partial charge on any atom is 0.220 e. The lowest BCUT2D eigenvalue weighted by Gasteiger charge is -2.02. The number of amides is 1. The highest BCUT2D eigenvalue weighted by molar-refractivity contribution is 5.77. The van der Waals surface area contributed by atoms with Gasteiger partial charge in [-0.05, 0) is 24.3 Å². The molecule has 2 aromatic carbocycles. The Morgan fingerprint density at radius 3 is 2.81 bits per heavy atom. The fourth-order valence-electron chi connectivity index (χ4n) is 2.79. The van der Waals surface area contributed by atoms with Gasteiger partial charge in [-0.3, -0.25) is 4.79 Å². The fraction of sp³-hybridized carbons (Fsp3) is 0.150. The van der Waals surface area contributed by atoms with E-state index in [2.05, 4.69) is 20.3 Å². The van der Waals surface area contributed by atoms with E-state index >= 15 is 0 Å². The largest absolute Gasteiger partial charge is 0.441 e. The van der Waals surface area contributed by atoms with Crippen LogP contribution in [0, 0.1) is 5.82 Å². The lowest BCUT2D eigenvalue weighted by atomic mass is 10.2. The van der Waals surface area contributed by atoms with Crippen LogP contribution in [0.25, 0.3) is 22.4 Å². The Balaban J connectivity index is 1.31. The van der Waals surface area contributed by atoms with Crippen LogP contribution in [0.2, 0.25) is 0 Å². The third kappa shape index (κ3) is 3.87. The van der Waals surface area contributed by atoms with Gasteiger partial charge < -0.3 is 14.7 Å². The second-order valence-electron chi connectivity index (χ2n) is 6.08. The number of rotatable bonds is 6. The average Bonchev–Trinajstić information content (AvgIpc) is 3.31. The molecule has 7 heteroatoms. The Morgan fingerprint density at radius 2 is 1.96 bits per heavy atom. The first-order chi connectivity index (χ1) is 13.2. The second kappa shape index (κ2) is 7.41. The van der Waals surface area contributed by atoms with Crippen LogP contribution in [0.15, 0.2) is 59.1 Å². The number of nitrogens with one attached hydrogen (secondary N) is 2. The molecule has 0 bridgehead atoms. The van der Waals surface area contributed by atoms with Crippen molar-refractivity contribution in [3.05, 3.63) is 72.3 Å². The second-order valence-corrected chi connectivity index (χ2v) is 6.08. The first kappa shape index (κ1) is 17.0. The number of carbonyl (C=O) groups is 1. The Kier molecular flexibility index (Phi) is 4.65. The smallest absolute Gasteiger partial charge is 0.220 e. The minimum absolute atomic E-state index is 0.138. The summed E-state index contributed by atoms with van der Waals surface area (Å²) in [5, 5.41) is 2.82. The maximum atomic E-state index is 13.8. The predicted octanol–water partition coefficient (Wildman–Crippen LogP) is 3.61. The third-order valence-corrected chi connectivity index (χ3v) is 4.15. The predicted molar refractivity (Wildman–Crippen MR) is 98.2 cm³/mol. The minimum Gasteiger partial charge on any atom is -0.441 e. The first-order valence-electron chi connectivity index (χ1n) is 8.59. The molecular weight excluding hydrogens is 347 g/mol. The van der Waals surface area contributed by atoms with Gasteiger partial charge in [0, 0.05) is 12.8 Å².